The van der Waals surface area contributed by atoms with Crippen molar-refractivity contribution in [1.29, 1.82) is 0 Å². The molecule has 0 amide bonds. The molecule has 3 unspecified atom stereocenters. The van der Waals surface area contributed by atoms with E-state index in [2.05, 4.69) is 31.3 Å². The maximum absolute atomic E-state index is 10.2. The van der Waals surface area contributed by atoms with Crippen LogP contribution in [0.15, 0.2) is 18.2 Å². The third-order valence-corrected chi connectivity index (χ3v) is 5.19. The molecule has 0 heterocycles. The number of aliphatic hydroxyl groups is 1. The molecule has 0 bridgehead atoms. The zero-order valence-electron chi connectivity index (χ0n) is 12.3. The number of halogens is 1. The van der Waals surface area contributed by atoms with Gasteiger partial charge >= 0.3 is 0 Å². The van der Waals surface area contributed by atoms with Crippen molar-refractivity contribution >= 4 is 11.6 Å². The second kappa shape index (κ2) is 5.32. The molecule has 2 aliphatic carbocycles. The zero-order chi connectivity index (χ0) is 14.3. The summed E-state index contributed by atoms with van der Waals surface area (Å²) in [6, 6.07) is 6.73. The van der Waals surface area contributed by atoms with Crippen molar-refractivity contribution in [2.24, 2.45) is 5.41 Å². The summed E-state index contributed by atoms with van der Waals surface area (Å²) in [5.74, 6) is 0. The van der Waals surface area contributed by atoms with Gasteiger partial charge in [-0.05, 0) is 47.9 Å². The van der Waals surface area contributed by atoms with E-state index in [1.807, 2.05) is 6.07 Å². The maximum Gasteiger partial charge on any atom is 0.0693 e. The fourth-order valence-corrected chi connectivity index (χ4v) is 4.03. The topological polar surface area (TPSA) is 32.3 Å². The van der Waals surface area contributed by atoms with Gasteiger partial charge in [0.2, 0.25) is 0 Å². The van der Waals surface area contributed by atoms with E-state index in [1.165, 1.54) is 17.5 Å². The molecule has 0 spiro atoms. The molecular formula is C17H24ClNO. The van der Waals surface area contributed by atoms with Gasteiger partial charge in [-0.1, -0.05) is 44.4 Å². The fourth-order valence-electron chi connectivity index (χ4n) is 3.84. The van der Waals surface area contributed by atoms with Crippen LogP contribution >= 0.6 is 11.6 Å². The highest BCUT2D eigenvalue weighted by molar-refractivity contribution is 6.30. The maximum atomic E-state index is 10.2. The van der Waals surface area contributed by atoms with Gasteiger partial charge in [0.1, 0.15) is 0 Å². The van der Waals surface area contributed by atoms with Crippen LogP contribution in [0, 0.1) is 5.41 Å². The molecule has 1 aromatic rings. The summed E-state index contributed by atoms with van der Waals surface area (Å²) in [5.41, 5.74) is 2.88. The molecule has 2 N–H and O–H groups in total. The number of aliphatic hydroxyl groups excluding tert-OH is 1. The van der Waals surface area contributed by atoms with Gasteiger partial charge in [-0.15, -0.1) is 0 Å². The van der Waals surface area contributed by atoms with Gasteiger partial charge < -0.3 is 10.4 Å². The van der Waals surface area contributed by atoms with Gasteiger partial charge in [0.05, 0.1) is 6.10 Å². The number of rotatable bonds is 2. The number of benzene rings is 1. The van der Waals surface area contributed by atoms with Crippen LogP contribution in [0.5, 0.6) is 0 Å². The monoisotopic (exact) mass is 293 g/mol. The van der Waals surface area contributed by atoms with E-state index >= 15 is 0 Å². The molecule has 0 aliphatic heterocycles. The molecule has 3 heteroatoms. The van der Waals surface area contributed by atoms with Gasteiger partial charge in [0, 0.05) is 17.1 Å². The molecule has 3 rings (SSSR count). The van der Waals surface area contributed by atoms with Crippen molar-refractivity contribution in [1.82, 2.24) is 5.32 Å². The second-order valence-electron chi connectivity index (χ2n) is 7.07. The Morgan fingerprint density at radius 2 is 2.00 bits per heavy atom. The first kappa shape index (κ1) is 14.4. The highest BCUT2D eigenvalue weighted by Gasteiger charge is 2.41. The minimum absolute atomic E-state index is 0.171. The highest BCUT2D eigenvalue weighted by atomic mass is 35.5. The Balaban J connectivity index is 1.86. The summed E-state index contributed by atoms with van der Waals surface area (Å²) in [6.07, 6.45) is 5.22. The van der Waals surface area contributed by atoms with E-state index < -0.39 is 0 Å². The normalized spacial score (nSPS) is 32.1. The van der Waals surface area contributed by atoms with E-state index in [0.717, 1.165) is 30.7 Å². The SMILES string of the molecule is CC1(C)Cc2ccc(Cl)cc2C1NC1CCCCC1O. The van der Waals surface area contributed by atoms with Crippen molar-refractivity contribution in [3.05, 3.63) is 34.3 Å². The first-order valence-electron chi connectivity index (χ1n) is 7.70. The Bertz CT molecular complexity index is 500. The molecule has 20 heavy (non-hydrogen) atoms. The number of fused-ring (bicyclic) bond motifs is 1. The molecule has 1 saturated carbocycles. The van der Waals surface area contributed by atoms with Crippen molar-refractivity contribution in [2.75, 3.05) is 0 Å². The van der Waals surface area contributed by atoms with E-state index in [9.17, 15) is 5.11 Å². The Morgan fingerprint density at radius 1 is 1.25 bits per heavy atom. The molecule has 2 nitrogen and oxygen atoms in total. The summed E-state index contributed by atoms with van der Waals surface area (Å²) in [7, 11) is 0. The lowest BCUT2D eigenvalue weighted by molar-refractivity contribution is 0.0740. The minimum atomic E-state index is -0.206. The van der Waals surface area contributed by atoms with Crippen LogP contribution in [0.3, 0.4) is 0 Å². The van der Waals surface area contributed by atoms with Crippen LogP contribution in [0.25, 0.3) is 0 Å². The van der Waals surface area contributed by atoms with Crippen LogP contribution in [0.2, 0.25) is 5.02 Å². The Labute approximate surface area is 126 Å². The predicted octanol–water partition coefficient (Wildman–Crippen LogP) is 3.86. The molecular weight excluding hydrogens is 270 g/mol. The first-order valence-corrected chi connectivity index (χ1v) is 8.07. The number of hydrogen-bond acceptors (Lipinski definition) is 2. The lowest BCUT2D eigenvalue weighted by Crippen LogP contribution is -2.46. The van der Waals surface area contributed by atoms with Crippen LogP contribution in [-0.2, 0) is 6.42 Å². The summed E-state index contributed by atoms with van der Waals surface area (Å²) in [5, 5.41) is 14.7. The molecule has 1 aromatic carbocycles. The van der Waals surface area contributed by atoms with E-state index in [-0.39, 0.29) is 23.6 Å². The first-order chi connectivity index (χ1) is 9.47. The van der Waals surface area contributed by atoms with Gasteiger partial charge in [-0.3, -0.25) is 0 Å². The molecule has 0 radical (unpaired) electrons. The lowest BCUT2D eigenvalue weighted by Gasteiger charge is -2.36. The molecule has 3 atom stereocenters. The van der Waals surface area contributed by atoms with Crippen LogP contribution in [0.1, 0.15) is 56.7 Å². The Morgan fingerprint density at radius 3 is 2.75 bits per heavy atom. The van der Waals surface area contributed by atoms with Crippen molar-refractivity contribution in [2.45, 2.75) is 64.1 Å². The summed E-state index contributed by atoms with van der Waals surface area (Å²) < 4.78 is 0. The zero-order valence-corrected chi connectivity index (χ0v) is 13.1. The standard InChI is InChI=1S/C17H24ClNO/c1-17(2)10-11-7-8-12(18)9-13(11)16(17)19-14-5-3-4-6-15(14)20/h7-9,14-16,19-20H,3-6,10H2,1-2H3. The molecule has 2 aliphatic rings. The van der Waals surface area contributed by atoms with Crippen LogP contribution < -0.4 is 5.32 Å². The summed E-state index contributed by atoms with van der Waals surface area (Å²) in [6.45, 7) is 4.60. The minimum Gasteiger partial charge on any atom is -0.392 e. The van der Waals surface area contributed by atoms with Gasteiger partial charge in [0.25, 0.3) is 0 Å². The van der Waals surface area contributed by atoms with Gasteiger partial charge in [-0.25, -0.2) is 0 Å². The summed E-state index contributed by atoms with van der Waals surface area (Å²) in [4.78, 5) is 0. The molecule has 0 saturated heterocycles. The number of hydrogen-bond donors (Lipinski definition) is 2. The number of nitrogens with one attached hydrogen (secondary N) is 1. The van der Waals surface area contributed by atoms with Crippen molar-refractivity contribution in [3.63, 3.8) is 0 Å². The lowest BCUT2D eigenvalue weighted by atomic mass is 9.83. The average Bonchev–Trinajstić information content (AvgIpc) is 2.63. The van der Waals surface area contributed by atoms with Crippen molar-refractivity contribution in [3.8, 4) is 0 Å². The molecule has 0 aromatic heterocycles. The Kier molecular flexibility index (Phi) is 3.83. The third kappa shape index (κ3) is 2.61. The van der Waals surface area contributed by atoms with Crippen LogP contribution in [0.4, 0.5) is 0 Å². The van der Waals surface area contributed by atoms with E-state index in [4.69, 9.17) is 11.6 Å². The quantitative estimate of drug-likeness (QED) is 0.868. The Hall–Kier alpha value is -0.570. The largest absolute Gasteiger partial charge is 0.392 e. The van der Waals surface area contributed by atoms with Crippen LogP contribution in [-0.4, -0.2) is 17.3 Å². The molecule has 110 valence electrons. The fraction of sp³-hybridized carbons (Fsp3) is 0.647. The highest BCUT2D eigenvalue weighted by Crippen LogP contribution is 2.46. The predicted molar refractivity (Wildman–Crippen MR) is 83.1 cm³/mol. The van der Waals surface area contributed by atoms with Gasteiger partial charge in [-0.2, -0.15) is 0 Å². The average molecular weight is 294 g/mol. The third-order valence-electron chi connectivity index (χ3n) is 4.96. The molecule has 1 fully saturated rings. The van der Waals surface area contributed by atoms with Crippen molar-refractivity contribution < 1.29 is 5.11 Å². The van der Waals surface area contributed by atoms with Gasteiger partial charge in [0.15, 0.2) is 0 Å². The van der Waals surface area contributed by atoms with E-state index in [1.54, 1.807) is 0 Å². The second-order valence-corrected chi connectivity index (χ2v) is 7.50. The van der Waals surface area contributed by atoms with E-state index in [0.29, 0.717) is 0 Å². The smallest absolute Gasteiger partial charge is 0.0693 e. The summed E-state index contributed by atoms with van der Waals surface area (Å²) >= 11 is 6.18.